The van der Waals surface area contributed by atoms with E-state index in [4.69, 9.17) is 9.47 Å². The molecule has 30 heavy (non-hydrogen) atoms. The normalized spacial score (nSPS) is 10.6. The van der Waals surface area contributed by atoms with Gasteiger partial charge in [0.15, 0.2) is 6.61 Å². The van der Waals surface area contributed by atoms with Gasteiger partial charge in [-0.2, -0.15) is 0 Å². The standard InChI is InChI=1S/C22H19BrFNO4S/c1-12-4-9-17(16(23)10-12)29-11-18(26)25-21-20(22(27)28-3)19(13(2)30-21)14-5-7-15(24)8-6-14/h4-10H,11H2,1-3H3,(H,25,26). The van der Waals surface area contributed by atoms with Gasteiger partial charge in [0.05, 0.1) is 11.6 Å². The van der Waals surface area contributed by atoms with E-state index in [0.717, 1.165) is 14.9 Å². The van der Waals surface area contributed by atoms with Gasteiger partial charge in [-0.15, -0.1) is 11.3 Å². The Hall–Kier alpha value is -2.71. The molecule has 8 heteroatoms. The quantitative estimate of drug-likeness (QED) is 0.446. The highest BCUT2D eigenvalue weighted by molar-refractivity contribution is 9.10. The lowest BCUT2D eigenvalue weighted by Crippen LogP contribution is -2.21. The number of hydrogen-bond acceptors (Lipinski definition) is 5. The van der Waals surface area contributed by atoms with Gasteiger partial charge in [0.1, 0.15) is 22.1 Å². The number of ether oxygens (including phenoxy) is 2. The molecule has 0 unspecified atom stereocenters. The topological polar surface area (TPSA) is 64.6 Å². The van der Waals surface area contributed by atoms with Gasteiger partial charge in [0.25, 0.3) is 5.91 Å². The van der Waals surface area contributed by atoms with E-state index >= 15 is 0 Å². The first-order valence-corrected chi connectivity index (χ1v) is 10.6. The monoisotopic (exact) mass is 491 g/mol. The molecule has 0 aliphatic carbocycles. The van der Waals surface area contributed by atoms with Crippen LogP contribution in [0.4, 0.5) is 9.39 Å². The molecule has 0 atom stereocenters. The van der Waals surface area contributed by atoms with Crippen molar-refractivity contribution in [2.45, 2.75) is 13.8 Å². The number of thiophene rings is 1. The molecule has 0 saturated heterocycles. The van der Waals surface area contributed by atoms with Gasteiger partial charge >= 0.3 is 5.97 Å². The Labute approximate surface area is 186 Å². The van der Waals surface area contributed by atoms with Crippen molar-refractivity contribution >= 4 is 44.1 Å². The summed E-state index contributed by atoms with van der Waals surface area (Å²) in [7, 11) is 1.27. The van der Waals surface area contributed by atoms with E-state index in [2.05, 4.69) is 21.2 Å². The molecule has 1 N–H and O–H groups in total. The average Bonchev–Trinajstić information content (AvgIpc) is 3.03. The summed E-state index contributed by atoms with van der Waals surface area (Å²) in [6.45, 7) is 3.55. The average molecular weight is 492 g/mol. The predicted molar refractivity (Wildman–Crippen MR) is 119 cm³/mol. The lowest BCUT2D eigenvalue weighted by Gasteiger charge is -2.10. The second kappa shape index (κ2) is 9.40. The summed E-state index contributed by atoms with van der Waals surface area (Å²) in [5.41, 5.74) is 2.55. The summed E-state index contributed by atoms with van der Waals surface area (Å²) in [5.74, 6) is -0.840. The zero-order chi connectivity index (χ0) is 21.8. The van der Waals surface area contributed by atoms with Crippen LogP contribution in [0.3, 0.4) is 0 Å². The summed E-state index contributed by atoms with van der Waals surface area (Å²) in [6, 6.07) is 11.3. The number of benzene rings is 2. The number of hydrogen-bond donors (Lipinski definition) is 1. The number of carbonyl (C=O) groups excluding carboxylic acids is 2. The van der Waals surface area contributed by atoms with Gasteiger partial charge < -0.3 is 14.8 Å². The fourth-order valence-corrected chi connectivity index (χ4v) is 4.61. The molecule has 0 aliphatic heterocycles. The van der Waals surface area contributed by atoms with Gasteiger partial charge in [0.2, 0.25) is 0 Å². The first-order valence-electron chi connectivity index (χ1n) is 8.96. The molecule has 1 aromatic heterocycles. The van der Waals surface area contributed by atoms with E-state index in [1.54, 1.807) is 18.2 Å². The maximum atomic E-state index is 13.3. The number of aryl methyl sites for hydroxylation is 2. The minimum absolute atomic E-state index is 0.231. The van der Waals surface area contributed by atoms with Crippen molar-refractivity contribution in [1.82, 2.24) is 0 Å². The second-order valence-corrected chi connectivity index (χ2v) is 8.59. The van der Waals surface area contributed by atoms with Gasteiger partial charge in [-0.3, -0.25) is 4.79 Å². The molecule has 0 bridgehead atoms. The molecule has 0 fully saturated rings. The summed E-state index contributed by atoms with van der Waals surface area (Å²) < 4.78 is 24.6. The maximum Gasteiger partial charge on any atom is 0.341 e. The number of esters is 1. The Kier molecular flexibility index (Phi) is 6.89. The molecule has 156 valence electrons. The lowest BCUT2D eigenvalue weighted by atomic mass is 10.0. The van der Waals surface area contributed by atoms with Crippen molar-refractivity contribution in [3.8, 4) is 16.9 Å². The molecule has 0 radical (unpaired) electrons. The molecule has 2 aromatic carbocycles. The number of carbonyl (C=O) groups is 2. The van der Waals surface area contributed by atoms with Gasteiger partial charge in [0, 0.05) is 10.4 Å². The minimum atomic E-state index is -0.587. The number of rotatable bonds is 6. The molecular formula is C22H19BrFNO4S. The predicted octanol–water partition coefficient (Wildman–Crippen LogP) is 5.74. The van der Waals surface area contributed by atoms with E-state index in [9.17, 15) is 14.0 Å². The number of anilines is 1. The Balaban J connectivity index is 1.84. The van der Waals surface area contributed by atoms with Crippen LogP contribution < -0.4 is 10.1 Å². The molecule has 0 aliphatic rings. The van der Waals surface area contributed by atoms with Crippen LogP contribution in [-0.4, -0.2) is 25.6 Å². The Morgan fingerprint density at radius 2 is 1.83 bits per heavy atom. The van der Waals surface area contributed by atoms with Crippen LogP contribution in [0.25, 0.3) is 11.1 Å². The van der Waals surface area contributed by atoms with Crippen molar-refractivity contribution in [3.05, 3.63) is 68.8 Å². The Morgan fingerprint density at radius 1 is 1.13 bits per heavy atom. The third-order valence-electron chi connectivity index (χ3n) is 4.31. The fourth-order valence-electron chi connectivity index (χ4n) is 2.92. The van der Waals surface area contributed by atoms with E-state index in [1.807, 2.05) is 26.0 Å². The molecule has 3 rings (SSSR count). The van der Waals surface area contributed by atoms with E-state index < -0.39 is 11.9 Å². The molecule has 0 saturated carbocycles. The summed E-state index contributed by atoms with van der Waals surface area (Å²) >= 11 is 4.65. The molecular weight excluding hydrogens is 473 g/mol. The Morgan fingerprint density at radius 3 is 2.47 bits per heavy atom. The van der Waals surface area contributed by atoms with Gasteiger partial charge in [-0.1, -0.05) is 18.2 Å². The summed E-state index contributed by atoms with van der Waals surface area (Å²) in [6.07, 6.45) is 0. The van der Waals surface area contributed by atoms with Gasteiger partial charge in [-0.25, -0.2) is 9.18 Å². The highest BCUT2D eigenvalue weighted by Crippen LogP contribution is 2.40. The third-order valence-corrected chi connectivity index (χ3v) is 5.95. The van der Waals surface area contributed by atoms with Crippen molar-refractivity contribution in [1.29, 1.82) is 0 Å². The largest absolute Gasteiger partial charge is 0.483 e. The van der Waals surface area contributed by atoms with Crippen LogP contribution >= 0.6 is 27.3 Å². The van der Waals surface area contributed by atoms with Crippen LogP contribution in [0.2, 0.25) is 0 Å². The highest BCUT2D eigenvalue weighted by Gasteiger charge is 2.25. The molecule has 1 heterocycles. The molecule has 0 spiro atoms. The number of methoxy groups -OCH3 is 1. The number of amides is 1. The fraction of sp³-hybridized carbons (Fsp3) is 0.182. The van der Waals surface area contributed by atoms with Crippen LogP contribution in [0.1, 0.15) is 20.8 Å². The van der Waals surface area contributed by atoms with Crippen LogP contribution in [0.15, 0.2) is 46.9 Å². The molecule has 3 aromatic rings. The summed E-state index contributed by atoms with van der Waals surface area (Å²) in [5, 5.41) is 3.09. The van der Waals surface area contributed by atoms with E-state index in [0.29, 0.717) is 21.9 Å². The van der Waals surface area contributed by atoms with Crippen molar-refractivity contribution in [2.75, 3.05) is 19.0 Å². The van der Waals surface area contributed by atoms with Crippen LogP contribution in [0, 0.1) is 19.7 Å². The van der Waals surface area contributed by atoms with Crippen molar-refractivity contribution < 1.29 is 23.5 Å². The first kappa shape index (κ1) is 22.0. The zero-order valence-electron chi connectivity index (χ0n) is 16.5. The lowest BCUT2D eigenvalue weighted by molar-refractivity contribution is -0.118. The number of halogens is 2. The van der Waals surface area contributed by atoms with E-state index in [1.165, 1.54) is 30.6 Å². The zero-order valence-corrected chi connectivity index (χ0v) is 18.9. The van der Waals surface area contributed by atoms with Crippen LogP contribution in [-0.2, 0) is 9.53 Å². The summed E-state index contributed by atoms with van der Waals surface area (Å²) in [4.78, 5) is 25.7. The number of nitrogens with one attached hydrogen (secondary N) is 1. The molecule has 5 nitrogen and oxygen atoms in total. The maximum absolute atomic E-state index is 13.3. The molecule has 1 amide bonds. The van der Waals surface area contributed by atoms with Crippen molar-refractivity contribution in [2.24, 2.45) is 0 Å². The Bertz CT molecular complexity index is 1100. The van der Waals surface area contributed by atoms with Crippen LogP contribution in [0.5, 0.6) is 5.75 Å². The van der Waals surface area contributed by atoms with E-state index in [-0.39, 0.29) is 18.0 Å². The SMILES string of the molecule is COC(=O)c1c(NC(=O)COc2ccc(C)cc2Br)sc(C)c1-c1ccc(F)cc1. The smallest absolute Gasteiger partial charge is 0.341 e. The minimum Gasteiger partial charge on any atom is -0.483 e. The second-order valence-electron chi connectivity index (χ2n) is 6.51. The van der Waals surface area contributed by atoms with Crippen molar-refractivity contribution in [3.63, 3.8) is 0 Å². The first-order chi connectivity index (χ1) is 14.3. The third kappa shape index (κ3) is 4.88. The van der Waals surface area contributed by atoms with Gasteiger partial charge in [-0.05, 0) is 65.2 Å². The highest BCUT2D eigenvalue weighted by atomic mass is 79.9.